The lowest BCUT2D eigenvalue weighted by atomic mass is 9.96. The zero-order chi connectivity index (χ0) is 14.3. The van der Waals surface area contributed by atoms with E-state index in [9.17, 15) is 4.79 Å². The highest BCUT2D eigenvalue weighted by atomic mass is 32.1. The van der Waals surface area contributed by atoms with Gasteiger partial charge in [-0.2, -0.15) is 9.61 Å². The molecule has 0 spiro atoms. The number of rotatable bonds is 4. The number of nitrogens with one attached hydrogen (secondary N) is 1. The molecule has 20 heavy (non-hydrogen) atoms. The summed E-state index contributed by atoms with van der Waals surface area (Å²) in [5, 5.41) is 16.8. The van der Waals surface area contributed by atoms with Crippen LogP contribution < -0.4 is 5.32 Å². The molecule has 6 nitrogen and oxygen atoms in total. The molecule has 3 rings (SSSR count). The number of nitrogens with zero attached hydrogens (tertiary/aromatic N) is 4. The van der Waals surface area contributed by atoms with E-state index >= 15 is 0 Å². The van der Waals surface area contributed by atoms with Gasteiger partial charge in [-0.3, -0.25) is 4.79 Å². The maximum atomic E-state index is 11.8. The number of fused-ring (bicyclic) bond motifs is 1. The van der Waals surface area contributed by atoms with Crippen LogP contribution in [0.25, 0.3) is 4.96 Å². The molecular formula is C13H19N5OS. The molecule has 0 radical (unpaired) electrons. The van der Waals surface area contributed by atoms with Gasteiger partial charge in [-0.15, -0.1) is 10.2 Å². The highest BCUT2D eigenvalue weighted by Crippen LogP contribution is 2.39. The minimum absolute atomic E-state index is 0.0687. The third kappa shape index (κ3) is 2.67. The quantitative estimate of drug-likeness (QED) is 0.932. The number of aromatic nitrogens is 4. The molecule has 1 aliphatic rings. The van der Waals surface area contributed by atoms with Crippen LogP contribution in [-0.2, 0) is 11.2 Å². The van der Waals surface area contributed by atoms with Crippen molar-refractivity contribution in [3.8, 4) is 0 Å². The number of hydrogen-bond acceptors (Lipinski definition) is 5. The Morgan fingerprint density at radius 1 is 1.40 bits per heavy atom. The zero-order valence-electron chi connectivity index (χ0n) is 12.0. The van der Waals surface area contributed by atoms with Crippen molar-refractivity contribution in [1.82, 2.24) is 25.1 Å². The van der Waals surface area contributed by atoms with Gasteiger partial charge in [0.2, 0.25) is 10.9 Å². The van der Waals surface area contributed by atoms with E-state index in [0.29, 0.717) is 12.5 Å². The Bertz CT molecular complexity index is 635. The standard InChI is InChI=1S/C13H19N5OS/c1-13(2,3)11(19)14-7-6-9-17-18-10(8-4-5-8)15-16-12(18)20-9/h8H,4-7H2,1-3H3,(H,14,19). The Morgan fingerprint density at radius 2 is 2.15 bits per heavy atom. The van der Waals surface area contributed by atoms with Crippen molar-refractivity contribution < 1.29 is 4.79 Å². The second-order valence-corrected chi connectivity index (χ2v) is 7.32. The van der Waals surface area contributed by atoms with E-state index in [1.165, 1.54) is 12.8 Å². The van der Waals surface area contributed by atoms with E-state index in [1.807, 2.05) is 25.3 Å². The van der Waals surface area contributed by atoms with Crippen molar-refractivity contribution in [3.05, 3.63) is 10.8 Å². The van der Waals surface area contributed by atoms with Gasteiger partial charge < -0.3 is 5.32 Å². The van der Waals surface area contributed by atoms with Gasteiger partial charge >= 0.3 is 0 Å². The van der Waals surface area contributed by atoms with Crippen molar-refractivity contribution in [2.75, 3.05) is 6.54 Å². The average molecular weight is 293 g/mol. The van der Waals surface area contributed by atoms with Crippen molar-refractivity contribution >= 4 is 22.2 Å². The first kappa shape index (κ1) is 13.5. The molecule has 2 aromatic heterocycles. The fourth-order valence-corrected chi connectivity index (χ4v) is 2.76. The molecule has 1 aliphatic carbocycles. The largest absolute Gasteiger partial charge is 0.355 e. The van der Waals surface area contributed by atoms with E-state index in [0.717, 1.165) is 22.2 Å². The van der Waals surface area contributed by atoms with Crippen molar-refractivity contribution in [2.24, 2.45) is 5.41 Å². The molecule has 0 unspecified atom stereocenters. The van der Waals surface area contributed by atoms with E-state index in [2.05, 4.69) is 20.6 Å². The summed E-state index contributed by atoms with van der Waals surface area (Å²) in [5.74, 6) is 1.60. The highest BCUT2D eigenvalue weighted by Gasteiger charge is 2.30. The first-order valence-corrected chi connectivity index (χ1v) is 7.76. The summed E-state index contributed by atoms with van der Waals surface area (Å²) in [6.07, 6.45) is 3.12. The molecule has 1 fully saturated rings. The number of carbonyl (C=O) groups is 1. The number of carbonyl (C=O) groups excluding carboxylic acids is 1. The monoisotopic (exact) mass is 293 g/mol. The van der Waals surface area contributed by atoms with E-state index < -0.39 is 0 Å². The van der Waals surface area contributed by atoms with Gasteiger partial charge in [0.05, 0.1) is 0 Å². The first-order valence-electron chi connectivity index (χ1n) is 6.94. The molecule has 0 bridgehead atoms. The van der Waals surface area contributed by atoms with Crippen molar-refractivity contribution in [2.45, 2.75) is 46.0 Å². The molecule has 1 N–H and O–H groups in total. The molecule has 108 valence electrons. The van der Waals surface area contributed by atoms with E-state index in [4.69, 9.17) is 0 Å². The van der Waals surface area contributed by atoms with Crippen LogP contribution in [0.1, 0.15) is 50.4 Å². The molecule has 0 aliphatic heterocycles. The molecule has 7 heteroatoms. The van der Waals surface area contributed by atoms with Gasteiger partial charge in [-0.1, -0.05) is 32.1 Å². The fourth-order valence-electron chi connectivity index (χ4n) is 1.92. The van der Waals surface area contributed by atoms with Gasteiger partial charge in [-0.25, -0.2) is 0 Å². The van der Waals surface area contributed by atoms with E-state index in [1.54, 1.807) is 11.3 Å². The molecule has 2 heterocycles. The normalized spacial score (nSPS) is 15.8. The Kier molecular flexibility index (Phi) is 3.24. The van der Waals surface area contributed by atoms with Crippen LogP contribution in [0.15, 0.2) is 0 Å². The van der Waals surface area contributed by atoms with Crippen LogP contribution in [0, 0.1) is 5.41 Å². The summed E-state index contributed by atoms with van der Waals surface area (Å²) < 4.78 is 1.86. The van der Waals surface area contributed by atoms with E-state index in [-0.39, 0.29) is 11.3 Å². The first-order chi connectivity index (χ1) is 9.45. The smallest absolute Gasteiger partial charge is 0.234 e. The topological polar surface area (TPSA) is 72.2 Å². The van der Waals surface area contributed by atoms with Crippen LogP contribution in [-0.4, -0.2) is 32.3 Å². The Labute approximate surface area is 121 Å². The zero-order valence-corrected chi connectivity index (χ0v) is 12.8. The predicted octanol–water partition coefficient (Wildman–Crippen LogP) is 1.77. The number of hydrogen-bond donors (Lipinski definition) is 1. The Balaban J connectivity index is 1.62. The fraction of sp³-hybridized carbons (Fsp3) is 0.692. The van der Waals surface area contributed by atoms with Gasteiger partial charge in [0.15, 0.2) is 5.82 Å². The summed E-state index contributed by atoms with van der Waals surface area (Å²) in [5.41, 5.74) is -0.347. The summed E-state index contributed by atoms with van der Waals surface area (Å²) in [6.45, 7) is 6.34. The van der Waals surface area contributed by atoms with Crippen LogP contribution >= 0.6 is 11.3 Å². The lowest BCUT2D eigenvalue weighted by Gasteiger charge is -2.17. The second-order valence-electron chi connectivity index (χ2n) is 6.28. The molecule has 0 saturated heterocycles. The van der Waals surface area contributed by atoms with Gasteiger partial charge in [0.25, 0.3) is 0 Å². The number of amides is 1. The molecule has 1 saturated carbocycles. The highest BCUT2D eigenvalue weighted by molar-refractivity contribution is 7.16. The van der Waals surface area contributed by atoms with Crippen LogP contribution in [0.4, 0.5) is 0 Å². The predicted molar refractivity (Wildman–Crippen MR) is 76.8 cm³/mol. The summed E-state index contributed by atoms with van der Waals surface area (Å²) in [4.78, 5) is 12.6. The van der Waals surface area contributed by atoms with Gasteiger partial charge in [-0.05, 0) is 12.8 Å². The second kappa shape index (κ2) is 4.80. The maximum Gasteiger partial charge on any atom is 0.234 e. The minimum Gasteiger partial charge on any atom is -0.355 e. The summed E-state index contributed by atoms with van der Waals surface area (Å²) >= 11 is 1.55. The molecule has 1 amide bonds. The van der Waals surface area contributed by atoms with Crippen LogP contribution in [0.2, 0.25) is 0 Å². The van der Waals surface area contributed by atoms with Crippen LogP contribution in [0.5, 0.6) is 0 Å². The lowest BCUT2D eigenvalue weighted by molar-refractivity contribution is -0.128. The Morgan fingerprint density at radius 3 is 2.80 bits per heavy atom. The molecule has 2 aromatic rings. The van der Waals surface area contributed by atoms with Crippen molar-refractivity contribution in [1.29, 1.82) is 0 Å². The Hall–Kier alpha value is -1.50. The SMILES string of the molecule is CC(C)(C)C(=O)NCCc1nn2c(C3CC3)nnc2s1. The lowest BCUT2D eigenvalue weighted by Crippen LogP contribution is -2.35. The molecular weight excluding hydrogens is 274 g/mol. The summed E-state index contributed by atoms with van der Waals surface area (Å²) in [7, 11) is 0. The van der Waals surface area contributed by atoms with Crippen molar-refractivity contribution in [3.63, 3.8) is 0 Å². The van der Waals surface area contributed by atoms with Crippen LogP contribution in [0.3, 0.4) is 0 Å². The average Bonchev–Trinajstić information content (AvgIpc) is 2.99. The molecule has 0 atom stereocenters. The van der Waals surface area contributed by atoms with Gasteiger partial charge in [0.1, 0.15) is 5.01 Å². The minimum atomic E-state index is -0.347. The molecule has 0 aromatic carbocycles. The third-order valence-corrected chi connectivity index (χ3v) is 4.26. The third-order valence-electron chi connectivity index (χ3n) is 3.30. The maximum absolute atomic E-state index is 11.8. The summed E-state index contributed by atoms with van der Waals surface area (Å²) in [6, 6.07) is 0. The van der Waals surface area contributed by atoms with Gasteiger partial charge in [0, 0.05) is 24.3 Å².